The van der Waals surface area contributed by atoms with Crippen molar-refractivity contribution < 1.29 is 50.0 Å². The number of hydrogen-bond acceptors (Lipinski definition) is 10. The van der Waals surface area contributed by atoms with Gasteiger partial charge < -0.3 is 50.0 Å². The molecule has 0 aromatic carbocycles. The second-order valence-corrected chi connectivity index (χ2v) is 5.80. The highest BCUT2D eigenvalue weighted by Crippen LogP contribution is 2.36. The molecular weight excluding hydrogens is 340 g/mol. The summed E-state index contributed by atoms with van der Waals surface area (Å²) in [5.74, 6) is -2.50. The number of ether oxygens (including phenoxy) is 3. The Morgan fingerprint density at radius 2 is 1.48 bits per heavy atom. The zero-order valence-corrected chi connectivity index (χ0v) is 12.7. The molecule has 136 valence electrons. The van der Waals surface area contributed by atoms with Crippen molar-refractivity contribution in [2.75, 3.05) is 19.1 Å². The molecule has 0 unspecified atom stereocenters. The lowest BCUT2D eigenvalue weighted by atomic mass is 9.99. The molecule has 0 bridgehead atoms. The van der Waals surface area contributed by atoms with Gasteiger partial charge in [0, 0.05) is 0 Å². The van der Waals surface area contributed by atoms with Crippen molar-refractivity contribution in [3.63, 3.8) is 0 Å². The largest absolute Gasteiger partial charge is 0.394 e. The Morgan fingerprint density at radius 1 is 0.870 bits per heavy atom. The molecule has 2 aliphatic rings. The lowest BCUT2D eigenvalue weighted by Crippen LogP contribution is -2.62. The van der Waals surface area contributed by atoms with E-state index in [1.165, 1.54) is 0 Å². The van der Waals surface area contributed by atoms with Crippen molar-refractivity contribution in [3.05, 3.63) is 0 Å². The first-order valence-corrected chi connectivity index (χ1v) is 7.54. The molecule has 10 nitrogen and oxygen atoms in total. The van der Waals surface area contributed by atoms with Gasteiger partial charge in [0.05, 0.1) is 19.1 Å². The Bertz CT molecular complexity index is 398. The van der Waals surface area contributed by atoms with Crippen LogP contribution in [0.2, 0.25) is 0 Å². The third kappa shape index (κ3) is 3.34. The molecule has 0 aliphatic carbocycles. The number of halogens is 1. The van der Waals surface area contributed by atoms with E-state index in [1.807, 2.05) is 0 Å². The standard InChI is InChI=1S/C12H21ClO10/c13-3-12(10(20)7(17)5(2-15)22-12)23-11-9(19)8(18)6(16)4(1-14)21-11/h4-11,14-20H,1-3H2/t4-,5-,6-,7-,8+,9-,10+,11-,12+/m1/s1. The Kier molecular flexibility index (Phi) is 6.20. The lowest BCUT2D eigenvalue weighted by Gasteiger charge is -2.43. The summed E-state index contributed by atoms with van der Waals surface area (Å²) in [6.45, 7) is -1.28. The van der Waals surface area contributed by atoms with Gasteiger partial charge in [0.15, 0.2) is 6.29 Å². The van der Waals surface area contributed by atoms with Crippen LogP contribution in [0.15, 0.2) is 0 Å². The van der Waals surface area contributed by atoms with Crippen molar-refractivity contribution in [1.82, 2.24) is 0 Å². The van der Waals surface area contributed by atoms with Crippen LogP contribution in [-0.4, -0.2) is 110 Å². The van der Waals surface area contributed by atoms with Gasteiger partial charge in [-0.1, -0.05) is 0 Å². The Hall–Kier alpha value is -0.110. The van der Waals surface area contributed by atoms with Gasteiger partial charge in [-0.3, -0.25) is 0 Å². The molecular formula is C12H21ClO10. The average molecular weight is 361 g/mol. The van der Waals surface area contributed by atoms with Crippen LogP contribution in [0.25, 0.3) is 0 Å². The van der Waals surface area contributed by atoms with Crippen molar-refractivity contribution in [1.29, 1.82) is 0 Å². The molecule has 0 aromatic heterocycles. The third-order valence-corrected chi connectivity index (χ3v) is 4.41. The van der Waals surface area contributed by atoms with Crippen molar-refractivity contribution in [2.45, 2.75) is 54.8 Å². The monoisotopic (exact) mass is 360 g/mol. The summed E-state index contributed by atoms with van der Waals surface area (Å²) in [7, 11) is 0. The first-order chi connectivity index (χ1) is 10.8. The van der Waals surface area contributed by atoms with Gasteiger partial charge in [-0.25, -0.2) is 0 Å². The van der Waals surface area contributed by atoms with E-state index in [0.717, 1.165) is 0 Å². The van der Waals surface area contributed by atoms with Gasteiger partial charge in [-0.2, -0.15) is 0 Å². The molecule has 0 aromatic rings. The number of aliphatic hydroxyl groups excluding tert-OH is 7. The highest BCUT2D eigenvalue weighted by molar-refractivity contribution is 6.18. The second kappa shape index (κ2) is 7.42. The first kappa shape index (κ1) is 19.2. The average Bonchev–Trinajstić information content (AvgIpc) is 2.80. The maximum absolute atomic E-state index is 10.1. The molecule has 0 saturated carbocycles. The van der Waals surface area contributed by atoms with E-state index in [9.17, 15) is 25.5 Å². The van der Waals surface area contributed by atoms with E-state index in [1.54, 1.807) is 0 Å². The molecule has 2 heterocycles. The molecule has 11 heteroatoms. The lowest BCUT2D eigenvalue weighted by molar-refractivity contribution is -0.372. The quantitative estimate of drug-likeness (QED) is 0.239. The van der Waals surface area contributed by atoms with E-state index >= 15 is 0 Å². The fraction of sp³-hybridized carbons (Fsp3) is 1.00. The zero-order chi connectivity index (χ0) is 17.4. The highest BCUT2D eigenvalue weighted by Gasteiger charge is 2.58. The summed E-state index contributed by atoms with van der Waals surface area (Å²) in [5.41, 5.74) is 0. The zero-order valence-electron chi connectivity index (χ0n) is 12.0. The molecule has 0 spiro atoms. The summed E-state index contributed by atoms with van der Waals surface area (Å²) in [6, 6.07) is 0. The smallest absolute Gasteiger partial charge is 0.214 e. The van der Waals surface area contributed by atoms with E-state index < -0.39 is 73.9 Å². The molecule has 2 aliphatic heterocycles. The van der Waals surface area contributed by atoms with Crippen LogP contribution in [0.4, 0.5) is 0 Å². The van der Waals surface area contributed by atoms with Crippen molar-refractivity contribution >= 4 is 11.6 Å². The summed E-state index contributed by atoms with van der Waals surface area (Å²) >= 11 is 5.75. The SMILES string of the molecule is OC[C@H]1O[C@@](CCl)(O[C@H]2O[C@H](CO)[C@@H](O)[C@H](O)[C@H]2O)[C@@H](O)[C@@H]1O. The predicted octanol–water partition coefficient (Wildman–Crippen LogP) is -4.15. The van der Waals surface area contributed by atoms with E-state index in [2.05, 4.69) is 0 Å². The molecule has 7 N–H and O–H groups in total. The van der Waals surface area contributed by atoms with Gasteiger partial charge in [0.2, 0.25) is 5.79 Å². The molecule has 2 saturated heterocycles. The van der Waals surface area contributed by atoms with Crippen LogP contribution >= 0.6 is 11.6 Å². The van der Waals surface area contributed by atoms with E-state index in [-0.39, 0.29) is 0 Å². The minimum Gasteiger partial charge on any atom is -0.394 e. The van der Waals surface area contributed by atoms with Gasteiger partial charge in [0.1, 0.15) is 42.7 Å². The molecule has 23 heavy (non-hydrogen) atoms. The minimum absolute atomic E-state index is 0.489. The topological polar surface area (TPSA) is 169 Å². The van der Waals surface area contributed by atoms with Gasteiger partial charge in [-0.15, -0.1) is 11.6 Å². The summed E-state index contributed by atoms with van der Waals surface area (Å²) in [5, 5.41) is 67.5. The first-order valence-electron chi connectivity index (χ1n) is 7.00. The molecule has 9 atom stereocenters. The van der Waals surface area contributed by atoms with Gasteiger partial charge in [0.25, 0.3) is 0 Å². The third-order valence-electron chi connectivity index (χ3n) is 4.04. The van der Waals surface area contributed by atoms with Gasteiger partial charge in [-0.05, 0) is 0 Å². The Balaban J connectivity index is 2.18. The van der Waals surface area contributed by atoms with Crippen LogP contribution in [0.5, 0.6) is 0 Å². The summed E-state index contributed by atoms with van der Waals surface area (Å²) in [4.78, 5) is 0. The second-order valence-electron chi connectivity index (χ2n) is 5.53. The number of aliphatic hydroxyl groups is 7. The van der Waals surface area contributed by atoms with Crippen LogP contribution in [0.1, 0.15) is 0 Å². The maximum atomic E-state index is 10.1. The van der Waals surface area contributed by atoms with Crippen LogP contribution in [0, 0.1) is 0 Å². The fourth-order valence-corrected chi connectivity index (χ4v) is 2.89. The number of alkyl halides is 1. The molecule has 2 rings (SSSR count). The highest BCUT2D eigenvalue weighted by atomic mass is 35.5. The molecule has 2 fully saturated rings. The van der Waals surface area contributed by atoms with Crippen LogP contribution in [-0.2, 0) is 14.2 Å². The summed E-state index contributed by atoms with van der Waals surface area (Å²) in [6.07, 6.45) is -12.1. The van der Waals surface area contributed by atoms with Crippen molar-refractivity contribution in [3.8, 4) is 0 Å². The van der Waals surface area contributed by atoms with Crippen LogP contribution < -0.4 is 0 Å². The van der Waals surface area contributed by atoms with Crippen LogP contribution in [0.3, 0.4) is 0 Å². The Morgan fingerprint density at radius 3 is 1.96 bits per heavy atom. The minimum atomic E-state index is -2.01. The number of hydrogen-bond donors (Lipinski definition) is 7. The van der Waals surface area contributed by atoms with E-state index in [0.29, 0.717) is 0 Å². The fourth-order valence-electron chi connectivity index (χ4n) is 2.61. The number of rotatable bonds is 5. The maximum Gasteiger partial charge on any atom is 0.214 e. The molecule has 0 radical (unpaired) electrons. The van der Waals surface area contributed by atoms with Crippen molar-refractivity contribution in [2.24, 2.45) is 0 Å². The van der Waals surface area contributed by atoms with E-state index in [4.69, 9.17) is 36.0 Å². The summed E-state index contributed by atoms with van der Waals surface area (Å²) < 4.78 is 15.7. The predicted molar refractivity (Wildman–Crippen MR) is 72.3 cm³/mol. The Labute approximate surface area is 136 Å². The normalized spacial score (nSPS) is 51.1. The van der Waals surface area contributed by atoms with Gasteiger partial charge >= 0.3 is 0 Å². The molecule has 0 amide bonds.